The molecule has 1 aliphatic rings. The third-order valence-corrected chi connectivity index (χ3v) is 4.01. The van der Waals surface area contributed by atoms with E-state index in [0.717, 1.165) is 31.5 Å². The van der Waals surface area contributed by atoms with Crippen LogP contribution in [0.5, 0.6) is 0 Å². The molecule has 0 saturated heterocycles. The number of nitrogens with zero attached hydrogens (tertiary/aromatic N) is 2. The SMILES string of the molecule is COC1(Cn2cncc2C(N)CC(C)C)CCC1. The van der Waals surface area contributed by atoms with Crippen molar-refractivity contribution in [2.75, 3.05) is 7.11 Å². The Labute approximate surface area is 110 Å². The van der Waals surface area contributed by atoms with Gasteiger partial charge in [-0.1, -0.05) is 13.8 Å². The van der Waals surface area contributed by atoms with Crippen molar-refractivity contribution in [3.05, 3.63) is 18.2 Å². The molecular formula is C14H25N3O. The lowest BCUT2D eigenvalue weighted by Crippen LogP contribution is -2.43. The van der Waals surface area contributed by atoms with Crippen molar-refractivity contribution >= 4 is 0 Å². The summed E-state index contributed by atoms with van der Waals surface area (Å²) in [5.41, 5.74) is 7.41. The molecule has 1 saturated carbocycles. The van der Waals surface area contributed by atoms with E-state index >= 15 is 0 Å². The molecule has 1 heterocycles. The van der Waals surface area contributed by atoms with Gasteiger partial charge >= 0.3 is 0 Å². The molecule has 1 atom stereocenters. The molecule has 0 radical (unpaired) electrons. The fourth-order valence-corrected chi connectivity index (χ4v) is 2.71. The van der Waals surface area contributed by atoms with Gasteiger partial charge < -0.3 is 15.0 Å². The van der Waals surface area contributed by atoms with Gasteiger partial charge in [-0.15, -0.1) is 0 Å². The summed E-state index contributed by atoms with van der Waals surface area (Å²) in [6, 6.07) is 0.0708. The van der Waals surface area contributed by atoms with Gasteiger partial charge in [0.1, 0.15) is 0 Å². The fourth-order valence-electron chi connectivity index (χ4n) is 2.71. The van der Waals surface area contributed by atoms with Crippen molar-refractivity contribution in [3.8, 4) is 0 Å². The minimum atomic E-state index is 0.0208. The predicted molar refractivity (Wildman–Crippen MR) is 72.2 cm³/mol. The molecule has 2 rings (SSSR count). The summed E-state index contributed by atoms with van der Waals surface area (Å²) in [6.45, 7) is 5.27. The first kappa shape index (κ1) is 13.6. The smallest absolute Gasteiger partial charge is 0.0949 e. The summed E-state index contributed by atoms with van der Waals surface area (Å²) >= 11 is 0. The van der Waals surface area contributed by atoms with E-state index in [1.54, 1.807) is 0 Å². The summed E-state index contributed by atoms with van der Waals surface area (Å²) in [5.74, 6) is 0.600. The molecule has 0 aliphatic heterocycles. The van der Waals surface area contributed by atoms with Gasteiger partial charge in [-0.25, -0.2) is 4.98 Å². The number of hydrogen-bond donors (Lipinski definition) is 1. The standard InChI is InChI=1S/C14H25N3O/c1-11(2)7-12(15)13-8-16-10-17(13)9-14(18-3)5-4-6-14/h8,10-12H,4-7,9,15H2,1-3H3. The zero-order valence-corrected chi connectivity index (χ0v) is 11.7. The van der Waals surface area contributed by atoms with Crippen molar-refractivity contribution in [1.82, 2.24) is 9.55 Å². The van der Waals surface area contributed by atoms with Crippen LogP contribution in [0.2, 0.25) is 0 Å². The first-order valence-corrected chi connectivity index (χ1v) is 6.87. The molecule has 0 bridgehead atoms. The number of ether oxygens (including phenoxy) is 1. The third-order valence-electron chi connectivity index (χ3n) is 4.01. The van der Waals surface area contributed by atoms with Crippen molar-refractivity contribution in [2.24, 2.45) is 11.7 Å². The Hall–Kier alpha value is -0.870. The minimum Gasteiger partial charge on any atom is -0.376 e. The number of methoxy groups -OCH3 is 1. The van der Waals surface area contributed by atoms with E-state index < -0.39 is 0 Å². The molecule has 102 valence electrons. The molecule has 0 spiro atoms. The highest BCUT2D eigenvalue weighted by atomic mass is 16.5. The summed E-state index contributed by atoms with van der Waals surface area (Å²) in [6.07, 6.45) is 8.31. The number of nitrogens with two attached hydrogens (primary N) is 1. The molecule has 1 fully saturated rings. The number of hydrogen-bond acceptors (Lipinski definition) is 3. The summed E-state index contributed by atoms with van der Waals surface area (Å²) in [5, 5.41) is 0. The average Bonchev–Trinajstić information content (AvgIpc) is 2.70. The molecule has 4 heteroatoms. The molecule has 2 N–H and O–H groups in total. The van der Waals surface area contributed by atoms with E-state index in [9.17, 15) is 0 Å². The van der Waals surface area contributed by atoms with Gasteiger partial charge in [0.2, 0.25) is 0 Å². The van der Waals surface area contributed by atoms with Crippen LogP contribution in [0.4, 0.5) is 0 Å². The minimum absolute atomic E-state index is 0.0208. The largest absolute Gasteiger partial charge is 0.376 e. The van der Waals surface area contributed by atoms with E-state index in [1.807, 2.05) is 19.6 Å². The second-order valence-electron chi connectivity index (χ2n) is 5.92. The van der Waals surface area contributed by atoms with E-state index in [0.29, 0.717) is 5.92 Å². The maximum Gasteiger partial charge on any atom is 0.0949 e. The third kappa shape index (κ3) is 2.75. The Kier molecular flexibility index (Phi) is 4.07. The summed E-state index contributed by atoms with van der Waals surface area (Å²) < 4.78 is 7.85. The molecule has 0 amide bonds. The fraction of sp³-hybridized carbons (Fsp3) is 0.786. The van der Waals surface area contributed by atoms with Crippen LogP contribution in [0.3, 0.4) is 0 Å². The Morgan fingerprint density at radius 3 is 2.72 bits per heavy atom. The number of aromatic nitrogens is 2. The van der Waals surface area contributed by atoms with Gasteiger partial charge in [0.05, 0.1) is 24.2 Å². The zero-order valence-electron chi connectivity index (χ0n) is 11.7. The molecule has 18 heavy (non-hydrogen) atoms. The van der Waals surface area contributed by atoms with Crippen molar-refractivity contribution < 1.29 is 4.74 Å². The number of rotatable bonds is 6. The normalized spacial score (nSPS) is 19.8. The Balaban J connectivity index is 2.07. The zero-order chi connectivity index (χ0) is 13.2. The molecule has 1 aromatic heterocycles. The van der Waals surface area contributed by atoms with Crippen LogP contribution in [0.15, 0.2) is 12.5 Å². The van der Waals surface area contributed by atoms with E-state index in [-0.39, 0.29) is 11.6 Å². The van der Waals surface area contributed by atoms with Gasteiger partial charge in [-0.3, -0.25) is 0 Å². The molecule has 1 aromatic rings. The number of imidazole rings is 1. The van der Waals surface area contributed by atoms with Gasteiger partial charge in [0.15, 0.2) is 0 Å². The van der Waals surface area contributed by atoms with E-state index in [2.05, 4.69) is 23.4 Å². The lowest BCUT2D eigenvalue weighted by molar-refractivity contribution is -0.0840. The highest BCUT2D eigenvalue weighted by molar-refractivity contribution is 5.06. The summed E-state index contributed by atoms with van der Waals surface area (Å²) in [7, 11) is 1.81. The molecule has 4 nitrogen and oxygen atoms in total. The Morgan fingerprint density at radius 1 is 1.50 bits per heavy atom. The lowest BCUT2D eigenvalue weighted by atomic mass is 9.80. The Morgan fingerprint density at radius 2 is 2.22 bits per heavy atom. The lowest BCUT2D eigenvalue weighted by Gasteiger charge is -2.41. The summed E-state index contributed by atoms with van der Waals surface area (Å²) in [4.78, 5) is 4.25. The van der Waals surface area contributed by atoms with Crippen LogP contribution >= 0.6 is 0 Å². The quantitative estimate of drug-likeness (QED) is 0.845. The van der Waals surface area contributed by atoms with Crippen molar-refractivity contribution in [2.45, 2.75) is 57.7 Å². The predicted octanol–water partition coefficient (Wildman–Crippen LogP) is 2.50. The highest BCUT2D eigenvalue weighted by Crippen LogP contribution is 2.37. The topological polar surface area (TPSA) is 53.1 Å². The van der Waals surface area contributed by atoms with Gasteiger partial charge in [0, 0.05) is 19.3 Å². The first-order valence-electron chi connectivity index (χ1n) is 6.87. The highest BCUT2D eigenvalue weighted by Gasteiger charge is 2.37. The van der Waals surface area contributed by atoms with Gasteiger partial charge in [-0.05, 0) is 31.6 Å². The maximum absolute atomic E-state index is 6.26. The van der Waals surface area contributed by atoms with Crippen LogP contribution in [-0.2, 0) is 11.3 Å². The van der Waals surface area contributed by atoms with E-state index in [4.69, 9.17) is 10.5 Å². The van der Waals surface area contributed by atoms with Crippen LogP contribution in [0.1, 0.15) is 51.3 Å². The molecule has 0 aromatic carbocycles. The van der Waals surface area contributed by atoms with Crippen molar-refractivity contribution in [1.29, 1.82) is 0 Å². The van der Waals surface area contributed by atoms with Crippen LogP contribution in [0.25, 0.3) is 0 Å². The second-order valence-corrected chi connectivity index (χ2v) is 5.92. The van der Waals surface area contributed by atoms with Gasteiger partial charge in [-0.2, -0.15) is 0 Å². The average molecular weight is 251 g/mol. The molecule has 1 unspecified atom stereocenters. The monoisotopic (exact) mass is 251 g/mol. The second kappa shape index (κ2) is 5.41. The van der Waals surface area contributed by atoms with E-state index in [1.165, 1.54) is 6.42 Å². The molecule has 1 aliphatic carbocycles. The molecular weight excluding hydrogens is 226 g/mol. The van der Waals surface area contributed by atoms with Gasteiger partial charge in [0.25, 0.3) is 0 Å². The maximum atomic E-state index is 6.26. The van der Waals surface area contributed by atoms with Crippen LogP contribution < -0.4 is 5.73 Å². The first-order chi connectivity index (χ1) is 8.56. The van der Waals surface area contributed by atoms with Crippen LogP contribution in [-0.4, -0.2) is 22.3 Å². The van der Waals surface area contributed by atoms with Crippen molar-refractivity contribution in [3.63, 3.8) is 0 Å². The Bertz CT molecular complexity index is 377. The van der Waals surface area contributed by atoms with Crippen LogP contribution in [0, 0.1) is 5.92 Å².